The molecule has 2 rings (SSSR count). The van der Waals surface area contributed by atoms with E-state index in [1.807, 2.05) is 18.2 Å². The third-order valence-corrected chi connectivity index (χ3v) is 3.76. The van der Waals surface area contributed by atoms with Gasteiger partial charge in [-0.3, -0.25) is 0 Å². The monoisotopic (exact) mass is 273 g/mol. The molecule has 1 N–H and O–H groups in total. The maximum absolute atomic E-state index is 8.47. The van der Waals surface area contributed by atoms with Crippen molar-refractivity contribution in [2.24, 2.45) is 0 Å². The van der Waals surface area contributed by atoms with Crippen molar-refractivity contribution in [3.05, 3.63) is 29.8 Å². The van der Waals surface area contributed by atoms with Gasteiger partial charge in [0.25, 0.3) is 0 Å². The van der Waals surface area contributed by atoms with Crippen LogP contribution in [0.4, 0.5) is 0 Å². The van der Waals surface area contributed by atoms with E-state index in [1.165, 1.54) is 31.5 Å². The van der Waals surface area contributed by atoms with Crippen LogP contribution in [0, 0.1) is 11.3 Å². The molecule has 0 bridgehead atoms. The highest BCUT2D eigenvalue weighted by Crippen LogP contribution is 2.17. The molecule has 1 aliphatic heterocycles. The molecule has 1 atom stereocenters. The fourth-order valence-corrected chi connectivity index (χ4v) is 2.53. The van der Waals surface area contributed by atoms with Crippen LogP contribution < -0.4 is 10.1 Å². The van der Waals surface area contributed by atoms with Gasteiger partial charge >= 0.3 is 0 Å². The second kappa shape index (κ2) is 7.88. The predicted octanol–water partition coefficient (Wildman–Crippen LogP) is 2.34. The Hall–Kier alpha value is -1.57. The average Bonchev–Trinajstić information content (AvgIpc) is 2.99. The minimum Gasteiger partial charge on any atom is -0.479 e. The van der Waals surface area contributed by atoms with E-state index in [0.717, 1.165) is 18.8 Å². The lowest BCUT2D eigenvalue weighted by atomic mass is 10.1. The Morgan fingerprint density at radius 2 is 2.00 bits per heavy atom. The summed E-state index contributed by atoms with van der Waals surface area (Å²) in [6.07, 6.45) is 2.69. The number of nitrogens with one attached hydrogen (secondary N) is 1. The van der Waals surface area contributed by atoms with E-state index in [-0.39, 0.29) is 6.61 Å². The van der Waals surface area contributed by atoms with Gasteiger partial charge < -0.3 is 15.0 Å². The van der Waals surface area contributed by atoms with Crippen LogP contribution in [-0.2, 0) is 0 Å². The summed E-state index contributed by atoms with van der Waals surface area (Å²) in [5, 5.41) is 12.0. The molecule has 1 saturated heterocycles. The quantitative estimate of drug-likeness (QED) is 0.828. The first-order chi connectivity index (χ1) is 9.79. The van der Waals surface area contributed by atoms with Gasteiger partial charge in [-0.15, -0.1) is 0 Å². The molecule has 1 aromatic carbocycles. The molecule has 4 nitrogen and oxygen atoms in total. The molecular weight excluding hydrogens is 250 g/mol. The average molecular weight is 273 g/mol. The van der Waals surface area contributed by atoms with Crippen LogP contribution in [0.1, 0.15) is 31.4 Å². The number of rotatable bonds is 7. The number of benzene rings is 1. The fraction of sp³-hybridized carbons (Fsp3) is 0.562. The fourth-order valence-electron chi connectivity index (χ4n) is 2.53. The standard InChI is InChI=1S/C16H23N3O/c1-14(18-9-12-19-10-2-3-11-19)15-4-6-16(7-5-15)20-13-8-17/h4-7,14,18H,2-3,9-13H2,1H3. The SMILES string of the molecule is CC(NCCN1CCCC1)c1ccc(OCC#N)cc1. The first-order valence-electron chi connectivity index (χ1n) is 7.35. The summed E-state index contributed by atoms with van der Waals surface area (Å²) in [5.41, 5.74) is 1.25. The third kappa shape index (κ3) is 4.52. The van der Waals surface area contributed by atoms with E-state index in [0.29, 0.717) is 6.04 Å². The maximum atomic E-state index is 8.47. The second-order valence-corrected chi connectivity index (χ2v) is 5.24. The molecule has 0 aliphatic carbocycles. The van der Waals surface area contributed by atoms with E-state index < -0.39 is 0 Å². The number of hydrogen-bond donors (Lipinski definition) is 1. The van der Waals surface area contributed by atoms with Gasteiger partial charge in [0.15, 0.2) is 6.61 Å². The molecule has 0 amide bonds. The van der Waals surface area contributed by atoms with E-state index in [2.05, 4.69) is 29.3 Å². The summed E-state index contributed by atoms with van der Waals surface area (Å²) in [4.78, 5) is 2.51. The number of ether oxygens (including phenoxy) is 1. The highest BCUT2D eigenvalue weighted by atomic mass is 16.5. The zero-order valence-corrected chi connectivity index (χ0v) is 12.1. The Morgan fingerprint density at radius 3 is 2.65 bits per heavy atom. The Balaban J connectivity index is 1.73. The van der Waals surface area contributed by atoms with Crippen molar-refractivity contribution < 1.29 is 4.74 Å². The molecule has 4 heteroatoms. The minimum atomic E-state index is 0.100. The molecule has 1 aromatic rings. The molecule has 0 saturated carbocycles. The van der Waals surface area contributed by atoms with Gasteiger partial charge in [-0.2, -0.15) is 5.26 Å². The van der Waals surface area contributed by atoms with E-state index >= 15 is 0 Å². The van der Waals surface area contributed by atoms with Crippen LogP contribution in [0.3, 0.4) is 0 Å². The van der Waals surface area contributed by atoms with Crippen LogP contribution in [-0.4, -0.2) is 37.7 Å². The van der Waals surface area contributed by atoms with Gasteiger partial charge in [0, 0.05) is 19.1 Å². The van der Waals surface area contributed by atoms with E-state index in [9.17, 15) is 0 Å². The molecule has 1 fully saturated rings. The molecule has 0 spiro atoms. The number of nitriles is 1. The van der Waals surface area contributed by atoms with Crippen molar-refractivity contribution in [2.75, 3.05) is 32.8 Å². The van der Waals surface area contributed by atoms with Gasteiger partial charge in [0.2, 0.25) is 0 Å². The summed E-state index contributed by atoms with van der Waals surface area (Å²) >= 11 is 0. The Morgan fingerprint density at radius 1 is 1.30 bits per heavy atom. The van der Waals surface area contributed by atoms with Gasteiger partial charge in [-0.05, 0) is 50.6 Å². The van der Waals surface area contributed by atoms with Crippen molar-refractivity contribution in [1.29, 1.82) is 5.26 Å². The van der Waals surface area contributed by atoms with Crippen LogP contribution in [0.2, 0.25) is 0 Å². The molecule has 1 aliphatic rings. The highest BCUT2D eigenvalue weighted by molar-refractivity contribution is 5.29. The van der Waals surface area contributed by atoms with Gasteiger partial charge in [0.1, 0.15) is 11.8 Å². The molecule has 108 valence electrons. The van der Waals surface area contributed by atoms with Crippen LogP contribution in [0.25, 0.3) is 0 Å². The highest BCUT2D eigenvalue weighted by Gasteiger charge is 2.11. The van der Waals surface area contributed by atoms with Crippen molar-refractivity contribution in [3.8, 4) is 11.8 Å². The second-order valence-electron chi connectivity index (χ2n) is 5.24. The number of hydrogen-bond acceptors (Lipinski definition) is 4. The predicted molar refractivity (Wildman–Crippen MR) is 79.6 cm³/mol. The minimum absolute atomic E-state index is 0.100. The molecule has 0 aromatic heterocycles. The van der Waals surface area contributed by atoms with Gasteiger partial charge in [-0.1, -0.05) is 12.1 Å². The first kappa shape index (κ1) is 14.8. The zero-order valence-electron chi connectivity index (χ0n) is 12.1. The summed E-state index contributed by atoms with van der Waals surface area (Å²) in [7, 11) is 0. The smallest absolute Gasteiger partial charge is 0.174 e. The normalized spacial score (nSPS) is 16.8. The Kier molecular flexibility index (Phi) is 5.85. The lowest BCUT2D eigenvalue weighted by Crippen LogP contribution is -2.31. The summed E-state index contributed by atoms with van der Waals surface area (Å²) in [6, 6.07) is 10.3. The lowest BCUT2D eigenvalue weighted by Gasteiger charge is -2.18. The van der Waals surface area contributed by atoms with Crippen molar-refractivity contribution in [3.63, 3.8) is 0 Å². The van der Waals surface area contributed by atoms with Crippen LogP contribution in [0.15, 0.2) is 24.3 Å². The first-order valence-corrected chi connectivity index (χ1v) is 7.35. The summed E-state index contributed by atoms with van der Waals surface area (Å²) < 4.78 is 5.25. The van der Waals surface area contributed by atoms with Crippen molar-refractivity contribution in [1.82, 2.24) is 10.2 Å². The van der Waals surface area contributed by atoms with Gasteiger partial charge in [-0.25, -0.2) is 0 Å². The Labute approximate surface area is 121 Å². The molecule has 0 radical (unpaired) electrons. The third-order valence-electron chi connectivity index (χ3n) is 3.76. The molecule has 20 heavy (non-hydrogen) atoms. The van der Waals surface area contributed by atoms with Crippen molar-refractivity contribution >= 4 is 0 Å². The molecular formula is C16H23N3O. The van der Waals surface area contributed by atoms with Crippen molar-refractivity contribution in [2.45, 2.75) is 25.8 Å². The lowest BCUT2D eigenvalue weighted by molar-refractivity contribution is 0.329. The summed E-state index contributed by atoms with van der Waals surface area (Å²) in [6.45, 7) is 6.93. The van der Waals surface area contributed by atoms with E-state index in [1.54, 1.807) is 0 Å². The van der Waals surface area contributed by atoms with Crippen LogP contribution >= 0.6 is 0 Å². The molecule has 1 unspecified atom stereocenters. The van der Waals surface area contributed by atoms with Gasteiger partial charge in [0.05, 0.1) is 0 Å². The Bertz CT molecular complexity index is 432. The number of nitrogens with zero attached hydrogens (tertiary/aromatic N) is 2. The van der Waals surface area contributed by atoms with Crippen LogP contribution in [0.5, 0.6) is 5.75 Å². The zero-order chi connectivity index (χ0) is 14.2. The maximum Gasteiger partial charge on any atom is 0.174 e. The largest absolute Gasteiger partial charge is 0.479 e. The number of likely N-dealkylation sites (tertiary alicyclic amines) is 1. The molecule has 1 heterocycles. The summed E-state index contributed by atoms with van der Waals surface area (Å²) in [5.74, 6) is 0.750. The topological polar surface area (TPSA) is 48.3 Å². The van der Waals surface area contributed by atoms with E-state index in [4.69, 9.17) is 10.00 Å².